The van der Waals surface area contributed by atoms with E-state index in [1.54, 1.807) is 0 Å². The van der Waals surface area contributed by atoms with Gasteiger partial charge in [0.25, 0.3) is 0 Å². The normalized spacial score (nSPS) is 45.4. The molecular weight excluding hydrogens is 200 g/mol. The Morgan fingerprint density at radius 2 is 1.75 bits per heavy atom. The number of aliphatic hydroxyl groups excluding tert-OH is 1. The summed E-state index contributed by atoms with van der Waals surface area (Å²) in [4.78, 5) is 4.96. The molecule has 1 aliphatic heterocycles. The maximum absolute atomic E-state index is 10.2. The second-order valence-corrected chi connectivity index (χ2v) is 6.09. The van der Waals surface area contributed by atoms with Crippen LogP contribution in [0.25, 0.3) is 0 Å². The van der Waals surface area contributed by atoms with Crippen molar-refractivity contribution >= 4 is 0 Å². The van der Waals surface area contributed by atoms with Crippen LogP contribution in [0.2, 0.25) is 0 Å². The van der Waals surface area contributed by atoms with Gasteiger partial charge < -0.3 is 14.9 Å². The van der Waals surface area contributed by atoms with Gasteiger partial charge in [-0.3, -0.25) is 0 Å². The molecule has 0 aromatic carbocycles. The molecule has 2 saturated carbocycles. The third-order valence-corrected chi connectivity index (χ3v) is 5.11. The summed E-state index contributed by atoms with van der Waals surface area (Å²) in [6, 6.07) is 0. The molecular formula is C13H24N2O. The van der Waals surface area contributed by atoms with Crippen molar-refractivity contribution in [3.63, 3.8) is 0 Å². The van der Waals surface area contributed by atoms with E-state index in [1.165, 1.54) is 45.4 Å². The highest BCUT2D eigenvalue weighted by Crippen LogP contribution is 2.48. The van der Waals surface area contributed by atoms with Crippen LogP contribution < -0.4 is 0 Å². The second kappa shape index (κ2) is 4.28. The van der Waals surface area contributed by atoms with E-state index in [4.69, 9.17) is 0 Å². The summed E-state index contributed by atoms with van der Waals surface area (Å²) < 4.78 is 0. The molecule has 3 rings (SSSR count). The van der Waals surface area contributed by atoms with Gasteiger partial charge in [0.05, 0.1) is 6.10 Å². The van der Waals surface area contributed by atoms with Gasteiger partial charge in [0.15, 0.2) is 0 Å². The molecule has 0 aromatic rings. The average molecular weight is 224 g/mol. The number of likely N-dealkylation sites (N-methyl/N-ethyl adjacent to an activating group) is 1. The molecule has 0 radical (unpaired) electrons. The summed E-state index contributed by atoms with van der Waals surface area (Å²) in [6.07, 6.45) is 3.98. The number of aliphatic hydroxyl groups is 1. The first-order valence-electron chi connectivity index (χ1n) is 6.83. The molecule has 3 aliphatic rings. The smallest absolute Gasteiger partial charge is 0.0611 e. The van der Waals surface area contributed by atoms with Gasteiger partial charge in [-0.2, -0.15) is 0 Å². The van der Waals surface area contributed by atoms with Crippen LogP contribution in [0.4, 0.5) is 0 Å². The monoisotopic (exact) mass is 224 g/mol. The van der Waals surface area contributed by atoms with Crippen molar-refractivity contribution in [1.29, 1.82) is 0 Å². The Balaban J connectivity index is 1.55. The molecule has 2 bridgehead atoms. The maximum Gasteiger partial charge on any atom is 0.0611 e. The zero-order chi connectivity index (χ0) is 11.1. The van der Waals surface area contributed by atoms with Crippen LogP contribution in [0, 0.1) is 17.8 Å². The van der Waals surface area contributed by atoms with E-state index in [0.717, 1.165) is 12.5 Å². The minimum absolute atomic E-state index is 0.0124. The number of hydrogen-bond donors (Lipinski definition) is 1. The molecule has 0 aromatic heterocycles. The van der Waals surface area contributed by atoms with Crippen LogP contribution in [-0.2, 0) is 0 Å². The van der Waals surface area contributed by atoms with E-state index in [-0.39, 0.29) is 6.10 Å². The molecule has 3 fully saturated rings. The van der Waals surface area contributed by atoms with Crippen molar-refractivity contribution < 1.29 is 5.11 Å². The number of nitrogens with zero attached hydrogens (tertiary/aromatic N) is 2. The lowest BCUT2D eigenvalue weighted by Gasteiger charge is -2.37. The fourth-order valence-electron chi connectivity index (χ4n) is 3.97. The Morgan fingerprint density at radius 1 is 1.06 bits per heavy atom. The van der Waals surface area contributed by atoms with Gasteiger partial charge in [-0.15, -0.1) is 0 Å². The molecule has 0 amide bonds. The number of hydrogen-bond acceptors (Lipinski definition) is 3. The highest BCUT2D eigenvalue weighted by Gasteiger charge is 2.47. The van der Waals surface area contributed by atoms with E-state index in [2.05, 4.69) is 16.8 Å². The van der Waals surface area contributed by atoms with Gasteiger partial charge in [0.1, 0.15) is 0 Å². The third-order valence-electron chi connectivity index (χ3n) is 5.11. The summed E-state index contributed by atoms with van der Waals surface area (Å²) in [5.74, 6) is 2.06. The largest absolute Gasteiger partial charge is 0.392 e. The van der Waals surface area contributed by atoms with E-state index < -0.39 is 0 Å². The molecule has 0 spiro atoms. The molecule has 3 heteroatoms. The summed E-state index contributed by atoms with van der Waals surface area (Å²) >= 11 is 0. The van der Waals surface area contributed by atoms with Gasteiger partial charge in [-0.25, -0.2) is 0 Å². The first kappa shape index (κ1) is 11.0. The Kier molecular flexibility index (Phi) is 2.94. The van der Waals surface area contributed by atoms with E-state index in [0.29, 0.717) is 11.8 Å². The molecule has 1 heterocycles. The Bertz CT molecular complexity index is 248. The first-order valence-corrected chi connectivity index (χ1v) is 6.83. The van der Waals surface area contributed by atoms with Crippen molar-refractivity contribution in [3.8, 4) is 0 Å². The number of piperazine rings is 1. The summed E-state index contributed by atoms with van der Waals surface area (Å²) in [5.41, 5.74) is 0. The summed E-state index contributed by atoms with van der Waals surface area (Å²) in [6.45, 7) is 5.91. The minimum Gasteiger partial charge on any atom is -0.392 e. The zero-order valence-electron chi connectivity index (χ0n) is 10.3. The second-order valence-electron chi connectivity index (χ2n) is 6.09. The quantitative estimate of drug-likeness (QED) is 0.746. The van der Waals surface area contributed by atoms with Gasteiger partial charge in [0.2, 0.25) is 0 Å². The van der Waals surface area contributed by atoms with Gasteiger partial charge in [-0.1, -0.05) is 0 Å². The molecule has 92 valence electrons. The first-order chi connectivity index (χ1) is 7.74. The van der Waals surface area contributed by atoms with Crippen molar-refractivity contribution in [2.24, 2.45) is 17.8 Å². The van der Waals surface area contributed by atoms with Crippen LogP contribution in [0.1, 0.15) is 19.3 Å². The van der Waals surface area contributed by atoms with Crippen molar-refractivity contribution in [2.75, 3.05) is 39.8 Å². The van der Waals surface area contributed by atoms with Gasteiger partial charge in [-0.05, 0) is 38.1 Å². The fourth-order valence-corrected chi connectivity index (χ4v) is 3.97. The lowest BCUT2D eigenvalue weighted by Crippen LogP contribution is -2.48. The summed E-state index contributed by atoms with van der Waals surface area (Å²) in [7, 11) is 2.20. The van der Waals surface area contributed by atoms with Crippen LogP contribution in [0.5, 0.6) is 0 Å². The molecule has 2 aliphatic carbocycles. The van der Waals surface area contributed by atoms with E-state index >= 15 is 0 Å². The Labute approximate surface area is 98.4 Å². The molecule has 1 N–H and O–H groups in total. The average Bonchev–Trinajstić information content (AvgIpc) is 2.85. The minimum atomic E-state index is 0.0124. The highest BCUT2D eigenvalue weighted by atomic mass is 16.3. The number of fused-ring (bicyclic) bond motifs is 2. The van der Waals surface area contributed by atoms with Crippen LogP contribution in [-0.4, -0.2) is 60.8 Å². The lowest BCUT2D eigenvalue weighted by molar-refractivity contribution is 0.0282. The molecule has 3 nitrogen and oxygen atoms in total. The van der Waals surface area contributed by atoms with E-state index in [9.17, 15) is 5.11 Å². The van der Waals surface area contributed by atoms with Crippen molar-refractivity contribution in [2.45, 2.75) is 25.4 Å². The summed E-state index contributed by atoms with van der Waals surface area (Å²) in [5, 5.41) is 10.2. The fraction of sp³-hybridized carbons (Fsp3) is 1.00. The van der Waals surface area contributed by atoms with Crippen molar-refractivity contribution in [3.05, 3.63) is 0 Å². The van der Waals surface area contributed by atoms with Gasteiger partial charge >= 0.3 is 0 Å². The van der Waals surface area contributed by atoms with Gasteiger partial charge in [0, 0.05) is 38.6 Å². The third kappa shape index (κ3) is 1.89. The van der Waals surface area contributed by atoms with Crippen LogP contribution in [0.3, 0.4) is 0 Å². The Morgan fingerprint density at radius 3 is 2.38 bits per heavy atom. The molecule has 4 atom stereocenters. The standard InChI is InChI=1S/C13H24N2O/c1-14-4-6-15(7-5-14)9-12-10-2-3-11(8-10)13(12)16/h10-13,16H,2-9H2,1H3/t10-,11+,12-,13+/m1/s1. The van der Waals surface area contributed by atoms with Crippen LogP contribution >= 0.6 is 0 Å². The molecule has 1 saturated heterocycles. The SMILES string of the molecule is CN1CCN(C[C@@H]2[C@@H]3CC[C@@H](C3)[C@@H]2O)CC1. The topological polar surface area (TPSA) is 26.7 Å². The molecule has 16 heavy (non-hydrogen) atoms. The van der Waals surface area contributed by atoms with E-state index in [1.807, 2.05) is 0 Å². The predicted molar refractivity (Wildman–Crippen MR) is 64.3 cm³/mol. The predicted octanol–water partition coefficient (Wildman–Crippen LogP) is 0.641. The molecule has 0 unspecified atom stereocenters. The lowest BCUT2D eigenvalue weighted by atomic mass is 9.86. The highest BCUT2D eigenvalue weighted by molar-refractivity contribution is 4.97. The Hall–Kier alpha value is -0.120. The van der Waals surface area contributed by atoms with Crippen LogP contribution in [0.15, 0.2) is 0 Å². The maximum atomic E-state index is 10.2. The zero-order valence-corrected chi connectivity index (χ0v) is 10.3. The number of rotatable bonds is 2. The van der Waals surface area contributed by atoms with Crippen molar-refractivity contribution in [1.82, 2.24) is 9.80 Å².